The fraction of sp³-hybridized carbons (Fsp3) is 0.167. The molecule has 0 bridgehead atoms. The molecule has 0 radical (unpaired) electrons. The Morgan fingerprint density at radius 2 is 1.54 bits per heavy atom. The number of anilines is 1. The summed E-state index contributed by atoms with van der Waals surface area (Å²) in [5.41, 5.74) is 5.47. The van der Waals surface area contributed by atoms with Crippen LogP contribution in [0, 0.1) is 40.5 Å². The zero-order valence-corrected chi connectivity index (χ0v) is 12.7. The van der Waals surface area contributed by atoms with Crippen LogP contribution in [0.3, 0.4) is 0 Å². The van der Waals surface area contributed by atoms with Crippen molar-refractivity contribution in [2.75, 3.05) is 5.73 Å². The van der Waals surface area contributed by atoms with Crippen molar-refractivity contribution in [2.24, 2.45) is 5.73 Å². The van der Waals surface area contributed by atoms with Gasteiger partial charge in [0, 0.05) is 12.1 Å². The predicted molar refractivity (Wildman–Crippen MR) is 85.3 cm³/mol. The van der Waals surface area contributed by atoms with Crippen LogP contribution in [0.15, 0.2) is 36.0 Å². The van der Waals surface area contributed by atoms with E-state index < -0.39 is 42.8 Å². The monoisotopic (exact) mass is 366 g/mol. The van der Waals surface area contributed by atoms with E-state index in [0.29, 0.717) is 6.08 Å². The normalized spacial score (nSPS) is 18.4. The zero-order valence-electron chi connectivity index (χ0n) is 12.7. The molecule has 0 saturated carbocycles. The molecule has 1 unspecified atom stereocenters. The van der Waals surface area contributed by atoms with Crippen molar-refractivity contribution in [3.8, 4) is 0 Å². The highest BCUT2D eigenvalue weighted by Crippen LogP contribution is 2.35. The first-order valence-electron chi connectivity index (χ1n) is 6.70. The van der Waals surface area contributed by atoms with E-state index in [4.69, 9.17) is 11.5 Å². The van der Waals surface area contributed by atoms with Gasteiger partial charge in [0.1, 0.15) is 15.5 Å². The van der Waals surface area contributed by atoms with Gasteiger partial charge in [-0.15, -0.1) is 0 Å². The topological polar surface area (TPSA) is 225 Å². The molecule has 0 spiro atoms. The van der Waals surface area contributed by atoms with Crippen molar-refractivity contribution < 1.29 is 19.7 Å². The molecule has 14 heteroatoms. The summed E-state index contributed by atoms with van der Waals surface area (Å²) in [6, 6.07) is 1.01. The summed E-state index contributed by atoms with van der Waals surface area (Å²) in [6.07, 6.45) is 1.32. The van der Waals surface area contributed by atoms with Crippen molar-refractivity contribution in [2.45, 2.75) is 11.7 Å². The van der Waals surface area contributed by atoms with Gasteiger partial charge in [-0.1, -0.05) is 6.07 Å². The average Bonchev–Trinajstić information content (AvgIpc) is 2.54. The second-order valence-corrected chi connectivity index (χ2v) is 5.23. The fourth-order valence-electron chi connectivity index (χ4n) is 2.44. The number of hydrogen-bond donors (Lipinski definition) is 2. The van der Waals surface area contributed by atoms with Crippen molar-refractivity contribution in [1.29, 1.82) is 0 Å². The molecule has 1 aromatic carbocycles. The summed E-state index contributed by atoms with van der Waals surface area (Å²) in [5.74, 6) is 0. The molecule has 26 heavy (non-hydrogen) atoms. The van der Waals surface area contributed by atoms with Crippen LogP contribution >= 0.6 is 0 Å². The number of nitrogen functional groups attached to an aromatic ring is 1. The lowest BCUT2D eigenvalue weighted by molar-refractivity contribution is -0.784. The zero-order chi connectivity index (χ0) is 19.8. The van der Waals surface area contributed by atoms with E-state index in [0.717, 1.165) is 18.2 Å². The Hall–Kier alpha value is -3.94. The molecule has 4 N–H and O–H groups in total. The van der Waals surface area contributed by atoms with Crippen LogP contribution < -0.4 is 11.5 Å². The minimum atomic E-state index is -3.21. The van der Waals surface area contributed by atoms with E-state index in [1.165, 1.54) is 6.07 Å². The number of benzene rings is 1. The van der Waals surface area contributed by atoms with Crippen LogP contribution in [0.25, 0.3) is 5.57 Å². The first kappa shape index (κ1) is 18.4. The van der Waals surface area contributed by atoms with Crippen LogP contribution in [0.4, 0.5) is 11.4 Å². The number of rotatable bonds is 5. The number of nitro groups is 4. The summed E-state index contributed by atoms with van der Waals surface area (Å²) in [6.45, 7) is 0. The van der Waals surface area contributed by atoms with Gasteiger partial charge >= 0.3 is 5.66 Å². The maximum atomic E-state index is 11.4. The van der Waals surface area contributed by atoms with Crippen LogP contribution in [-0.4, -0.2) is 31.4 Å². The van der Waals surface area contributed by atoms with Gasteiger partial charge in [0.15, 0.2) is 0 Å². The van der Waals surface area contributed by atoms with E-state index >= 15 is 0 Å². The molecule has 1 aliphatic rings. The summed E-state index contributed by atoms with van der Waals surface area (Å²) in [4.78, 5) is 40.3. The highest BCUT2D eigenvalue weighted by molar-refractivity contribution is 5.80. The molecule has 0 aliphatic heterocycles. The number of nitrogens with two attached hydrogens (primary N) is 2. The second-order valence-electron chi connectivity index (χ2n) is 5.23. The van der Waals surface area contributed by atoms with Gasteiger partial charge in [0.2, 0.25) is 6.04 Å². The first-order valence-corrected chi connectivity index (χ1v) is 6.70. The quantitative estimate of drug-likeness (QED) is 0.313. The van der Waals surface area contributed by atoms with E-state index in [-0.39, 0.29) is 16.8 Å². The molecule has 2 rings (SSSR count). The van der Waals surface area contributed by atoms with Gasteiger partial charge in [-0.05, 0) is 17.2 Å². The maximum Gasteiger partial charge on any atom is 0.503 e. The van der Waals surface area contributed by atoms with E-state index in [9.17, 15) is 40.5 Å². The lowest BCUT2D eigenvalue weighted by Gasteiger charge is -2.22. The standard InChI is InChI=1S/C12H10N6O8/c13-8-2-1-6(3-9(8)15(19)20)7-4-10(16(21)22)11(14)12(5-7,17(23)24)18(25)26/h1-5,11H,13-14H2. The fourth-order valence-corrected chi connectivity index (χ4v) is 2.44. The predicted octanol–water partition coefficient (Wildman–Crippen LogP) is 0.312. The molecule has 0 amide bonds. The molecule has 0 saturated heterocycles. The summed E-state index contributed by atoms with van der Waals surface area (Å²) in [7, 11) is 0. The van der Waals surface area contributed by atoms with Crippen LogP contribution in [0.1, 0.15) is 5.56 Å². The molecule has 136 valence electrons. The number of nitrogens with zero attached hydrogens (tertiary/aromatic N) is 4. The molecular weight excluding hydrogens is 356 g/mol. The highest BCUT2D eigenvalue weighted by atomic mass is 16.7. The van der Waals surface area contributed by atoms with E-state index in [1.54, 1.807) is 0 Å². The number of allylic oxidation sites excluding steroid dienone is 2. The van der Waals surface area contributed by atoms with Crippen molar-refractivity contribution >= 4 is 16.9 Å². The molecule has 0 aromatic heterocycles. The molecule has 1 aromatic rings. The first-order chi connectivity index (χ1) is 12.0. The SMILES string of the molecule is Nc1ccc(C2=CC([N+](=O)[O-])([N+](=O)[O-])C(N)C([N+](=O)[O-])=C2)cc1[N+](=O)[O-]. The van der Waals surface area contributed by atoms with Gasteiger partial charge in [-0.25, -0.2) is 0 Å². The van der Waals surface area contributed by atoms with Crippen LogP contribution in [-0.2, 0) is 0 Å². The lowest BCUT2D eigenvalue weighted by Crippen LogP contribution is -2.60. The third kappa shape index (κ3) is 2.69. The molecule has 14 nitrogen and oxygen atoms in total. The highest BCUT2D eigenvalue weighted by Gasteiger charge is 2.66. The minimum absolute atomic E-state index is 0.106. The summed E-state index contributed by atoms with van der Waals surface area (Å²) < 4.78 is 0. The summed E-state index contributed by atoms with van der Waals surface area (Å²) in [5, 5.41) is 44.9. The van der Waals surface area contributed by atoms with Crippen LogP contribution in [0.5, 0.6) is 0 Å². The van der Waals surface area contributed by atoms with Gasteiger partial charge in [0.25, 0.3) is 11.4 Å². The lowest BCUT2D eigenvalue weighted by atomic mass is 9.87. The molecule has 1 aliphatic carbocycles. The average molecular weight is 366 g/mol. The number of hydrogen-bond acceptors (Lipinski definition) is 10. The third-order valence-corrected chi connectivity index (χ3v) is 3.80. The number of nitro benzene ring substituents is 1. The largest absolute Gasteiger partial charge is 0.503 e. The minimum Gasteiger partial charge on any atom is -0.393 e. The van der Waals surface area contributed by atoms with Gasteiger partial charge < -0.3 is 11.5 Å². The second kappa shape index (κ2) is 6.17. The van der Waals surface area contributed by atoms with Gasteiger partial charge in [-0.2, -0.15) is 0 Å². The van der Waals surface area contributed by atoms with E-state index in [1.807, 2.05) is 0 Å². The molecule has 0 heterocycles. The Morgan fingerprint density at radius 3 is 2.00 bits per heavy atom. The summed E-state index contributed by atoms with van der Waals surface area (Å²) >= 11 is 0. The van der Waals surface area contributed by atoms with E-state index in [2.05, 4.69) is 0 Å². The Labute approximate surface area is 143 Å². The Morgan fingerprint density at radius 1 is 0.962 bits per heavy atom. The molecule has 0 fully saturated rings. The molecule has 1 atom stereocenters. The van der Waals surface area contributed by atoms with Crippen molar-refractivity contribution in [1.82, 2.24) is 0 Å². The van der Waals surface area contributed by atoms with Gasteiger partial charge in [0.05, 0.1) is 15.9 Å². The Bertz CT molecular complexity index is 893. The molecular formula is C12H10N6O8. The maximum absolute atomic E-state index is 11.4. The van der Waals surface area contributed by atoms with Crippen molar-refractivity contribution in [3.63, 3.8) is 0 Å². The van der Waals surface area contributed by atoms with Gasteiger partial charge in [-0.3, -0.25) is 40.5 Å². The van der Waals surface area contributed by atoms with Crippen LogP contribution in [0.2, 0.25) is 0 Å². The smallest absolute Gasteiger partial charge is 0.393 e. The Kier molecular flexibility index (Phi) is 4.37. The Balaban J connectivity index is 2.79. The van der Waals surface area contributed by atoms with Crippen molar-refractivity contribution in [3.05, 3.63) is 82.1 Å². The third-order valence-electron chi connectivity index (χ3n) is 3.80.